The molecule has 0 saturated heterocycles. The van der Waals surface area contributed by atoms with Gasteiger partial charge in [0.25, 0.3) is 5.91 Å². The highest BCUT2D eigenvalue weighted by atomic mass is 16.2. The van der Waals surface area contributed by atoms with Crippen LogP contribution in [0.5, 0.6) is 0 Å². The van der Waals surface area contributed by atoms with Crippen LogP contribution in [-0.2, 0) is 4.79 Å². The number of carbonyl (C=O) groups excluding carboxylic acids is 1. The van der Waals surface area contributed by atoms with Crippen LogP contribution in [0.4, 0.5) is 0 Å². The lowest BCUT2D eigenvalue weighted by atomic mass is 9.98. The Morgan fingerprint density at radius 1 is 0.909 bits per heavy atom. The highest BCUT2D eigenvalue weighted by Gasteiger charge is 2.30. The summed E-state index contributed by atoms with van der Waals surface area (Å²) in [5.41, 5.74) is 2.58. The van der Waals surface area contributed by atoms with E-state index in [0.717, 1.165) is 11.1 Å². The molecular weight excluding hydrogens is 272 g/mol. The first-order valence-corrected chi connectivity index (χ1v) is 7.47. The lowest BCUT2D eigenvalue weighted by molar-refractivity contribution is -0.117. The smallest absolute Gasteiger partial charge is 0.267 e. The lowest BCUT2D eigenvalue weighted by Gasteiger charge is -2.21. The molecule has 0 bridgehead atoms. The van der Waals surface area contributed by atoms with Gasteiger partial charge in [-0.05, 0) is 31.1 Å². The van der Waals surface area contributed by atoms with Gasteiger partial charge in [0.05, 0.1) is 17.3 Å². The Morgan fingerprint density at radius 2 is 1.41 bits per heavy atom. The van der Waals surface area contributed by atoms with Gasteiger partial charge in [0.1, 0.15) is 0 Å². The number of hydrogen-bond donors (Lipinski definition) is 2. The number of rotatable bonds is 4. The molecule has 112 valence electrons. The predicted molar refractivity (Wildman–Crippen MR) is 88.2 cm³/mol. The van der Waals surface area contributed by atoms with Crippen molar-refractivity contribution in [2.45, 2.75) is 25.4 Å². The topological polar surface area (TPSA) is 41.1 Å². The van der Waals surface area contributed by atoms with Gasteiger partial charge in [0.2, 0.25) is 0 Å². The first-order valence-electron chi connectivity index (χ1n) is 7.47. The molecule has 0 radical (unpaired) electrons. The maximum atomic E-state index is 12.1. The lowest BCUT2D eigenvalue weighted by Crippen LogP contribution is -2.37. The molecule has 2 aromatic carbocycles. The largest absolute Gasteiger partial charge is 0.370 e. The maximum absolute atomic E-state index is 12.1. The van der Waals surface area contributed by atoms with Gasteiger partial charge in [0.15, 0.2) is 0 Å². The van der Waals surface area contributed by atoms with E-state index < -0.39 is 0 Å². The fourth-order valence-corrected chi connectivity index (χ4v) is 2.74. The Balaban J connectivity index is 1.96. The Bertz CT molecular complexity index is 650. The van der Waals surface area contributed by atoms with Gasteiger partial charge in [-0.25, -0.2) is 0 Å². The fourth-order valence-electron chi connectivity index (χ4n) is 2.74. The SMILES string of the molecule is CC1(C)C=C(NC(c2ccccc2)c2ccccc2)C(=O)N1. The van der Waals surface area contributed by atoms with Crippen LogP contribution >= 0.6 is 0 Å². The molecule has 1 amide bonds. The summed E-state index contributed by atoms with van der Waals surface area (Å²) in [5.74, 6) is -0.0538. The summed E-state index contributed by atoms with van der Waals surface area (Å²) in [7, 11) is 0. The molecule has 3 nitrogen and oxygen atoms in total. The maximum Gasteiger partial charge on any atom is 0.267 e. The molecule has 0 spiro atoms. The van der Waals surface area contributed by atoms with Crippen LogP contribution in [0.3, 0.4) is 0 Å². The van der Waals surface area contributed by atoms with E-state index in [2.05, 4.69) is 34.9 Å². The van der Waals surface area contributed by atoms with Gasteiger partial charge >= 0.3 is 0 Å². The Morgan fingerprint density at radius 3 is 1.82 bits per heavy atom. The normalized spacial score (nSPS) is 16.3. The monoisotopic (exact) mass is 292 g/mol. The van der Waals surface area contributed by atoms with E-state index in [4.69, 9.17) is 0 Å². The van der Waals surface area contributed by atoms with Crippen LogP contribution in [0, 0.1) is 0 Å². The Hall–Kier alpha value is -2.55. The van der Waals surface area contributed by atoms with Crippen LogP contribution in [0.2, 0.25) is 0 Å². The average molecular weight is 292 g/mol. The number of amides is 1. The third kappa shape index (κ3) is 3.03. The highest BCUT2D eigenvalue weighted by molar-refractivity contribution is 5.96. The first kappa shape index (κ1) is 14.4. The summed E-state index contributed by atoms with van der Waals surface area (Å²) in [6, 6.07) is 20.3. The molecule has 0 atom stereocenters. The first-order chi connectivity index (χ1) is 10.6. The zero-order chi connectivity index (χ0) is 15.6. The molecular formula is C19H20N2O. The van der Waals surface area contributed by atoms with E-state index in [1.807, 2.05) is 56.3 Å². The molecule has 2 aromatic rings. The van der Waals surface area contributed by atoms with Crippen molar-refractivity contribution < 1.29 is 4.79 Å². The summed E-state index contributed by atoms with van der Waals surface area (Å²) in [5, 5.41) is 6.36. The summed E-state index contributed by atoms with van der Waals surface area (Å²) in [6.07, 6.45) is 1.95. The standard InChI is InChI=1S/C19H20N2O/c1-19(2)13-16(18(22)21-19)20-17(14-9-5-3-6-10-14)15-11-7-4-8-12-15/h3-13,17,20H,1-2H3,(H,21,22). The molecule has 3 rings (SSSR count). The summed E-state index contributed by atoms with van der Waals surface area (Å²) in [4.78, 5) is 12.1. The number of hydrogen-bond acceptors (Lipinski definition) is 2. The zero-order valence-electron chi connectivity index (χ0n) is 12.8. The second-order valence-corrected chi connectivity index (χ2v) is 6.13. The van der Waals surface area contributed by atoms with E-state index in [1.165, 1.54) is 0 Å². The summed E-state index contributed by atoms with van der Waals surface area (Å²) < 4.78 is 0. The van der Waals surface area contributed by atoms with Crippen molar-refractivity contribution >= 4 is 5.91 Å². The molecule has 0 fully saturated rings. The molecule has 0 unspecified atom stereocenters. The van der Waals surface area contributed by atoms with Crippen molar-refractivity contribution in [3.8, 4) is 0 Å². The second kappa shape index (κ2) is 5.68. The third-order valence-corrected chi connectivity index (χ3v) is 3.75. The molecule has 1 heterocycles. The van der Waals surface area contributed by atoms with Gasteiger partial charge in [-0.1, -0.05) is 60.7 Å². The van der Waals surface area contributed by atoms with E-state index in [0.29, 0.717) is 5.70 Å². The highest BCUT2D eigenvalue weighted by Crippen LogP contribution is 2.25. The quantitative estimate of drug-likeness (QED) is 0.909. The zero-order valence-corrected chi connectivity index (χ0v) is 12.8. The molecule has 0 aliphatic carbocycles. The number of benzene rings is 2. The van der Waals surface area contributed by atoms with Crippen LogP contribution in [0.15, 0.2) is 72.4 Å². The fraction of sp³-hybridized carbons (Fsp3) is 0.211. The molecule has 22 heavy (non-hydrogen) atoms. The van der Waals surface area contributed by atoms with Gasteiger partial charge in [0, 0.05) is 0 Å². The average Bonchev–Trinajstić information content (AvgIpc) is 2.78. The summed E-state index contributed by atoms with van der Waals surface area (Å²) in [6.45, 7) is 3.97. The number of carbonyl (C=O) groups is 1. The van der Waals surface area contributed by atoms with Crippen LogP contribution in [0.25, 0.3) is 0 Å². The van der Waals surface area contributed by atoms with E-state index >= 15 is 0 Å². The van der Waals surface area contributed by atoms with E-state index in [9.17, 15) is 4.79 Å². The van der Waals surface area contributed by atoms with Crippen molar-refractivity contribution in [2.24, 2.45) is 0 Å². The van der Waals surface area contributed by atoms with Gasteiger partial charge in [-0.3, -0.25) is 4.79 Å². The predicted octanol–water partition coefficient (Wildman–Crippen LogP) is 3.16. The van der Waals surface area contributed by atoms with Crippen LogP contribution in [-0.4, -0.2) is 11.4 Å². The molecule has 0 saturated carbocycles. The molecule has 1 aliphatic rings. The van der Waals surface area contributed by atoms with Crippen molar-refractivity contribution in [1.82, 2.24) is 10.6 Å². The molecule has 0 aromatic heterocycles. The molecule has 1 aliphatic heterocycles. The number of nitrogens with one attached hydrogen (secondary N) is 2. The molecule has 2 N–H and O–H groups in total. The van der Waals surface area contributed by atoms with E-state index in [1.54, 1.807) is 0 Å². The third-order valence-electron chi connectivity index (χ3n) is 3.75. The van der Waals surface area contributed by atoms with Gasteiger partial charge in [-0.2, -0.15) is 0 Å². The van der Waals surface area contributed by atoms with Crippen molar-refractivity contribution in [3.63, 3.8) is 0 Å². The minimum atomic E-state index is -0.308. The van der Waals surface area contributed by atoms with Crippen molar-refractivity contribution in [1.29, 1.82) is 0 Å². The van der Waals surface area contributed by atoms with Crippen molar-refractivity contribution in [3.05, 3.63) is 83.6 Å². The van der Waals surface area contributed by atoms with Gasteiger partial charge in [-0.15, -0.1) is 0 Å². The van der Waals surface area contributed by atoms with Gasteiger partial charge < -0.3 is 10.6 Å². The summed E-state index contributed by atoms with van der Waals surface area (Å²) >= 11 is 0. The van der Waals surface area contributed by atoms with Crippen LogP contribution in [0.1, 0.15) is 31.0 Å². The minimum Gasteiger partial charge on any atom is -0.370 e. The Labute approximate surface area is 131 Å². The van der Waals surface area contributed by atoms with Crippen molar-refractivity contribution in [2.75, 3.05) is 0 Å². The molecule has 3 heteroatoms. The van der Waals surface area contributed by atoms with E-state index in [-0.39, 0.29) is 17.5 Å². The second-order valence-electron chi connectivity index (χ2n) is 6.13. The van der Waals surface area contributed by atoms with Crippen LogP contribution < -0.4 is 10.6 Å². The Kier molecular flexibility index (Phi) is 3.72. The minimum absolute atomic E-state index is 0.0479.